The molecule has 28 heavy (non-hydrogen) atoms. The zero-order valence-corrected chi connectivity index (χ0v) is 17.1. The van der Waals surface area contributed by atoms with Crippen LogP contribution in [-0.4, -0.2) is 32.4 Å². The first kappa shape index (κ1) is 20.3. The van der Waals surface area contributed by atoms with E-state index < -0.39 is 11.9 Å². The smallest absolute Gasteiger partial charge is 0.312 e. The number of alkyl halides is 1. The molecule has 0 amide bonds. The number of esters is 1. The first-order valence-corrected chi connectivity index (χ1v) is 10.2. The number of hydrogen-bond acceptors (Lipinski definition) is 4. The highest BCUT2D eigenvalue weighted by Gasteiger charge is 2.31. The number of ether oxygens (including phenoxy) is 1. The van der Waals surface area contributed by atoms with Crippen molar-refractivity contribution in [1.82, 2.24) is 4.57 Å². The average molecular weight is 448 g/mol. The van der Waals surface area contributed by atoms with Crippen LogP contribution in [-0.2, 0) is 27.3 Å². The van der Waals surface area contributed by atoms with Crippen LogP contribution in [0.25, 0.3) is 0 Å². The molecule has 0 saturated carbocycles. The number of carboxylic acid groups (broad SMARTS) is 1. The number of benzene rings is 1. The fourth-order valence-electron chi connectivity index (χ4n) is 3.39. The minimum absolute atomic E-state index is 0.131. The van der Waals surface area contributed by atoms with E-state index in [1.165, 1.54) is 0 Å². The molecule has 1 aliphatic rings. The summed E-state index contributed by atoms with van der Waals surface area (Å²) in [6.07, 6.45) is 2.03. The average Bonchev–Trinajstić information content (AvgIpc) is 3.28. The van der Waals surface area contributed by atoms with E-state index in [4.69, 9.17) is 4.74 Å². The van der Waals surface area contributed by atoms with E-state index in [0.717, 1.165) is 5.56 Å². The first-order chi connectivity index (χ1) is 13.4. The summed E-state index contributed by atoms with van der Waals surface area (Å²) in [7, 11) is 0. The highest BCUT2D eigenvalue weighted by atomic mass is 79.9. The number of nitrogens with zero attached hydrogens (tertiary/aromatic N) is 1. The van der Waals surface area contributed by atoms with Crippen molar-refractivity contribution in [3.63, 3.8) is 0 Å². The Morgan fingerprint density at radius 1 is 1.21 bits per heavy atom. The molecule has 1 aliphatic heterocycles. The predicted octanol–water partition coefficient (Wildman–Crippen LogP) is 3.90. The number of carbonyl (C=O) groups is 3. The summed E-state index contributed by atoms with van der Waals surface area (Å²) in [4.78, 5) is 35.9. The molecule has 1 N–H and O–H groups in total. The maximum Gasteiger partial charge on any atom is 0.312 e. The van der Waals surface area contributed by atoms with E-state index in [1.54, 1.807) is 28.8 Å². The third-order valence-corrected chi connectivity index (χ3v) is 5.79. The largest absolute Gasteiger partial charge is 0.481 e. The number of halogens is 1. The van der Waals surface area contributed by atoms with Crippen molar-refractivity contribution in [1.29, 1.82) is 0 Å². The van der Waals surface area contributed by atoms with E-state index in [0.29, 0.717) is 42.8 Å². The van der Waals surface area contributed by atoms with Gasteiger partial charge in [0.05, 0.1) is 11.6 Å². The van der Waals surface area contributed by atoms with Crippen molar-refractivity contribution in [2.75, 3.05) is 0 Å². The molecule has 2 heterocycles. The molecule has 148 valence electrons. The van der Waals surface area contributed by atoms with Crippen LogP contribution in [0.15, 0.2) is 36.4 Å². The Labute approximate surface area is 171 Å². The zero-order chi connectivity index (χ0) is 20.3. The molecule has 0 aliphatic carbocycles. The van der Waals surface area contributed by atoms with E-state index in [-0.39, 0.29) is 23.2 Å². The van der Waals surface area contributed by atoms with Gasteiger partial charge in [0.15, 0.2) is 5.01 Å². The van der Waals surface area contributed by atoms with Gasteiger partial charge < -0.3 is 14.4 Å². The number of aliphatic carboxylic acids is 1. The van der Waals surface area contributed by atoms with Crippen LogP contribution in [0, 0.1) is 0 Å². The molecule has 0 saturated heterocycles. The van der Waals surface area contributed by atoms with Gasteiger partial charge in [-0.2, -0.15) is 0 Å². The zero-order valence-electron chi connectivity index (χ0n) is 15.6. The molecule has 7 heteroatoms. The van der Waals surface area contributed by atoms with Gasteiger partial charge in [-0.05, 0) is 52.9 Å². The molecule has 2 atom stereocenters. The van der Waals surface area contributed by atoms with Gasteiger partial charge in [0.2, 0.25) is 5.78 Å². The van der Waals surface area contributed by atoms with Crippen molar-refractivity contribution in [2.45, 2.75) is 50.1 Å². The van der Waals surface area contributed by atoms with Gasteiger partial charge >= 0.3 is 11.9 Å². The summed E-state index contributed by atoms with van der Waals surface area (Å²) in [6, 6.07) is 10.6. The summed E-state index contributed by atoms with van der Waals surface area (Å²) in [6.45, 7) is 2.46. The van der Waals surface area contributed by atoms with Crippen LogP contribution < -0.4 is 0 Å². The van der Waals surface area contributed by atoms with Crippen molar-refractivity contribution in [3.05, 3.63) is 58.9 Å². The summed E-state index contributed by atoms with van der Waals surface area (Å²) in [5, 5.41) is 9.01. The Morgan fingerprint density at radius 3 is 2.57 bits per heavy atom. The first-order valence-electron chi connectivity index (χ1n) is 9.30. The second-order valence-corrected chi connectivity index (χ2v) is 7.83. The minimum atomic E-state index is -0.858. The molecular weight excluding hydrogens is 426 g/mol. The van der Waals surface area contributed by atoms with Crippen LogP contribution in [0.1, 0.15) is 59.4 Å². The number of carbonyl (C=O) groups excluding carboxylic acids is 2. The molecule has 0 radical (unpaired) electrons. The van der Waals surface area contributed by atoms with Gasteiger partial charge in [-0.1, -0.05) is 31.2 Å². The molecule has 1 aromatic carbocycles. The lowest BCUT2D eigenvalue weighted by Gasteiger charge is -2.09. The second kappa shape index (κ2) is 8.73. The van der Waals surface area contributed by atoms with E-state index in [2.05, 4.69) is 15.9 Å². The van der Waals surface area contributed by atoms with Gasteiger partial charge in [0.25, 0.3) is 0 Å². The third-order valence-electron chi connectivity index (χ3n) is 4.96. The van der Waals surface area contributed by atoms with E-state index in [1.807, 2.05) is 19.1 Å². The summed E-state index contributed by atoms with van der Waals surface area (Å²) in [5.41, 5.74) is 2.68. The third kappa shape index (κ3) is 4.35. The Hall–Kier alpha value is -2.41. The fraction of sp³-hybridized carbons (Fsp3) is 0.381. The molecule has 6 nitrogen and oxygen atoms in total. The van der Waals surface area contributed by atoms with E-state index in [9.17, 15) is 19.5 Å². The molecule has 3 rings (SSSR count). The van der Waals surface area contributed by atoms with Crippen molar-refractivity contribution in [2.24, 2.45) is 0 Å². The number of rotatable bonds is 8. The Kier molecular flexibility index (Phi) is 6.34. The summed E-state index contributed by atoms with van der Waals surface area (Å²) >= 11 is 3.27. The van der Waals surface area contributed by atoms with Gasteiger partial charge in [0, 0.05) is 24.2 Å². The number of aromatic nitrogens is 1. The van der Waals surface area contributed by atoms with Gasteiger partial charge in [-0.15, -0.1) is 0 Å². The van der Waals surface area contributed by atoms with Crippen molar-refractivity contribution >= 4 is 33.7 Å². The molecule has 0 fully saturated rings. The lowest BCUT2D eigenvalue weighted by Crippen LogP contribution is -2.12. The fourth-order valence-corrected chi connectivity index (χ4v) is 3.60. The Balaban J connectivity index is 1.64. The molecular formula is C21H22BrNO5. The Bertz CT molecular complexity index is 887. The summed E-state index contributed by atoms with van der Waals surface area (Å²) < 4.78 is 6.98. The minimum Gasteiger partial charge on any atom is -0.481 e. The van der Waals surface area contributed by atoms with Crippen LogP contribution in [0.3, 0.4) is 0 Å². The quantitative estimate of drug-likeness (QED) is 0.376. The van der Waals surface area contributed by atoms with E-state index >= 15 is 0 Å². The molecule has 0 spiro atoms. The molecule has 2 aromatic rings. The second-order valence-electron chi connectivity index (χ2n) is 6.81. The van der Waals surface area contributed by atoms with Gasteiger partial charge in [-0.25, -0.2) is 0 Å². The Morgan fingerprint density at radius 2 is 1.93 bits per heavy atom. The monoisotopic (exact) mass is 447 g/mol. The predicted molar refractivity (Wildman–Crippen MR) is 107 cm³/mol. The topological polar surface area (TPSA) is 85.6 Å². The highest BCUT2D eigenvalue weighted by molar-refractivity contribution is 9.09. The molecule has 1 aromatic heterocycles. The van der Waals surface area contributed by atoms with Crippen molar-refractivity contribution in [3.8, 4) is 0 Å². The van der Waals surface area contributed by atoms with Gasteiger partial charge in [-0.3, -0.25) is 14.4 Å². The number of ketones is 1. The molecule has 0 bridgehead atoms. The standard InChI is InChI=1S/C21H22BrNO5/c1-2-18(22)28-19(24)10-5-13-3-6-14(7-4-13)20(25)17-9-8-16-15(21(26)27)11-12-23(16)17/h3-4,6-9,15,18H,2,5,10-12H2,1H3,(H,26,27). The van der Waals surface area contributed by atoms with Crippen LogP contribution in [0.5, 0.6) is 0 Å². The normalized spacial score (nSPS) is 16.4. The van der Waals surface area contributed by atoms with Crippen LogP contribution in [0.4, 0.5) is 0 Å². The number of carboxylic acids is 1. The lowest BCUT2D eigenvalue weighted by molar-refractivity contribution is -0.145. The maximum atomic E-state index is 12.8. The van der Waals surface area contributed by atoms with Crippen molar-refractivity contribution < 1.29 is 24.2 Å². The van der Waals surface area contributed by atoms with Crippen LogP contribution in [0.2, 0.25) is 0 Å². The maximum absolute atomic E-state index is 12.8. The molecule has 2 unspecified atom stereocenters. The van der Waals surface area contributed by atoms with Gasteiger partial charge in [0.1, 0.15) is 0 Å². The highest BCUT2D eigenvalue weighted by Crippen LogP contribution is 2.31. The van der Waals surface area contributed by atoms with Crippen LogP contribution >= 0.6 is 15.9 Å². The SMILES string of the molecule is CCC(Br)OC(=O)CCc1ccc(C(=O)c2ccc3n2CCC3C(=O)O)cc1. The number of aryl methyl sites for hydroxylation is 1. The lowest BCUT2D eigenvalue weighted by atomic mass is 10.0. The number of hydrogen-bond donors (Lipinski definition) is 1. The summed E-state index contributed by atoms with van der Waals surface area (Å²) in [5.74, 6) is -1.80. The number of fused-ring (bicyclic) bond motifs is 1.